The van der Waals surface area contributed by atoms with Gasteiger partial charge in [0.15, 0.2) is 0 Å². The zero-order valence-electron chi connectivity index (χ0n) is 10.1. The van der Waals surface area contributed by atoms with Gasteiger partial charge in [0.1, 0.15) is 0 Å². The maximum Gasteiger partial charge on any atom is 0.0672 e. The van der Waals surface area contributed by atoms with Gasteiger partial charge in [-0.25, -0.2) is 0 Å². The van der Waals surface area contributed by atoms with Crippen LogP contribution in [0.25, 0.3) is 0 Å². The van der Waals surface area contributed by atoms with Crippen LogP contribution in [0.15, 0.2) is 0 Å². The quantitative estimate of drug-likeness (QED) is 0.772. The Labute approximate surface area is 98.1 Å². The highest BCUT2D eigenvalue weighted by Gasteiger charge is 2.36. The molecular weight excluding hydrogens is 200 g/mol. The molecule has 90 valence electrons. The maximum atomic E-state index is 9.21. The summed E-state index contributed by atoms with van der Waals surface area (Å²) in [5.74, 6) is 1.41. The zero-order valence-corrected chi connectivity index (χ0v) is 10.1. The van der Waals surface area contributed by atoms with Crippen molar-refractivity contribution in [3.05, 3.63) is 0 Å². The second kappa shape index (κ2) is 5.16. The molecule has 0 aromatic heterocycles. The van der Waals surface area contributed by atoms with Crippen LogP contribution in [0, 0.1) is 29.1 Å². The van der Waals surface area contributed by atoms with Gasteiger partial charge >= 0.3 is 0 Å². The Kier molecular flexibility index (Phi) is 3.83. The van der Waals surface area contributed by atoms with E-state index >= 15 is 0 Å². The van der Waals surface area contributed by atoms with Gasteiger partial charge in [0.05, 0.1) is 12.0 Å². The summed E-state index contributed by atoms with van der Waals surface area (Å²) in [6.07, 6.45) is 4.52. The molecule has 1 saturated carbocycles. The number of hydrogen-bond acceptors (Lipinski definition) is 3. The number of aliphatic hydroxyl groups is 1. The summed E-state index contributed by atoms with van der Waals surface area (Å²) < 4.78 is 0. The molecule has 1 heterocycles. The molecule has 2 aliphatic rings. The summed E-state index contributed by atoms with van der Waals surface area (Å²) >= 11 is 0. The first-order chi connectivity index (χ1) is 7.74. The highest BCUT2D eigenvalue weighted by molar-refractivity contribution is 4.98. The first kappa shape index (κ1) is 11.9. The van der Waals surface area contributed by atoms with Crippen LogP contribution in [0.5, 0.6) is 0 Å². The third kappa shape index (κ3) is 2.39. The lowest BCUT2D eigenvalue weighted by Gasteiger charge is -2.37. The largest absolute Gasteiger partial charge is 0.396 e. The Bertz CT molecular complexity index is 274. The minimum Gasteiger partial charge on any atom is -0.396 e. The second-order valence-electron chi connectivity index (χ2n) is 5.55. The molecule has 0 amide bonds. The monoisotopic (exact) mass is 222 g/mol. The van der Waals surface area contributed by atoms with Crippen LogP contribution in [0.1, 0.15) is 32.6 Å². The molecule has 0 radical (unpaired) electrons. The molecule has 0 bridgehead atoms. The van der Waals surface area contributed by atoms with Crippen LogP contribution in [-0.4, -0.2) is 35.7 Å². The summed E-state index contributed by atoms with van der Waals surface area (Å²) in [6, 6.07) is 2.93. The van der Waals surface area contributed by atoms with E-state index in [1.807, 2.05) is 0 Å². The number of hydrogen-bond donors (Lipinski definition) is 1. The Morgan fingerprint density at radius 2 is 2.19 bits per heavy atom. The molecule has 16 heavy (non-hydrogen) atoms. The topological polar surface area (TPSA) is 47.3 Å². The van der Waals surface area contributed by atoms with Gasteiger partial charge < -0.3 is 5.11 Å². The van der Waals surface area contributed by atoms with Crippen LogP contribution >= 0.6 is 0 Å². The standard InChI is InChI=1S/C13H22N2O/c1-10-2-3-12(7-14)13(6-10)15-5-4-11(8-15)9-16/h10-13,16H,2-6,8-9H2,1H3. The predicted molar refractivity (Wildman–Crippen MR) is 62.7 cm³/mol. The molecule has 2 rings (SSSR count). The molecular formula is C13H22N2O. The van der Waals surface area contributed by atoms with Gasteiger partial charge in [-0.15, -0.1) is 0 Å². The molecule has 1 saturated heterocycles. The molecule has 0 aromatic carbocycles. The first-order valence-electron chi connectivity index (χ1n) is 6.49. The lowest BCUT2D eigenvalue weighted by atomic mass is 9.79. The summed E-state index contributed by atoms with van der Waals surface area (Å²) in [6.45, 7) is 4.66. The molecule has 3 nitrogen and oxygen atoms in total. The van der Waals surface area contributed by atoms with E-state index in [4.69, 9.17) is 5.11 Å². The SMILES string of the molecule is CC1CCC(C#N)C(N2CCC(CO)C2)C1. The predicted octanol–water partition coefficient (Wildman–Crippen LogP) is 1.63. The zero-order chi connectivity index (χ0) is 11.5. The van der Waals surface area contributed by atoms with E-state index in [2.05, 4.69) is 17.9 Å². The number of nitrogens with zero attached hydrogens (tertiary/aromatic N) is 2. The molecule has 0 aromatic rings. The van der Waals surface area contributed by atoms with Crippen LogP contribution < -0.4 is 0 Å². The molecule has 1 N–H and O–H groups in total. The fourth-order valence-corrected chi connectivity index (χ4v) is 3.22. The molecule has 4 unspecified atom stereocenters. The summed E-state index contributed by atoms with van der Waals surface area (Å²) in [4.78, 5) is 2.45. The number of aliphatic hydroxyl groups excluding tert-OH is 1. The molecule has 4 atom stereocenters. The fraction of sp³-hybridized carbons (Fsp3) is 0.923. The lowest BCUT2D eigenvalue weighted by molar-refractivity contribution is 0.120. The van der Waals surface area contributed by atoms with E-state index in [0.29, 0.717) is 18.6 Å². The molecule has 3 heteroatoms. The first-order valence-corrected chi connectivity index (χ1v) is 6.49. The Balaban J connectivity index is 1.98. The number of rotatable bonds is 2. The minimum atomic E-state index is 0.216. The normalized spacial score (nSPS) is 40.8. The van der Waals surface area contributed by atoms with Crippen molar-refractivity contribution in [3.63, 3.8) is 0 Å². The van der Waals surface area contributed by atoms with Crippen molar-refractivity contribution in [2.75, 3.05) is 19.7 Å². The van der Waals surface area contributed by atoms with Gasteiger partial charge in [-0.3, -0.25) is 4.90 Å². The third-order valence-corrected chi connectivity index (χ3v) is 4.29. The summed E-state index contributed by atoms with van der Waals surface area (Å²) in [5.41, 5.74) is 0. The molecule has 1 aliphatic carbocycles. The van der Waals surface area contributed by atoms with E-state index in [1.165, 1.54) is 6.42 Å². The Morgan fingerprint density at radius 1 is 1.38 bits per heavy atom. The summed E-state index contributed by atoms with van der Waals surface area (Å²) in [7, 11) is 0. The van der Waals surface area contributed by atoms with Crippen LogP contribution in [0.4, 0.5) is 0 Å². The van der Waals surface area contributed by atoms with E-state index in [1.54, 1.807) is 0 Å². The third-order valence-electron chi connectivity index (χ3n) is 4.29. The van der Waals surface area contributed by atoms with Gasteiger partial charge in [0, 0.05) is 19.2 Å². The maximum absolute atomic E-state index is 9.21. The fourth-order valence-electron chi connectivity index (χ4n) is 3.22. The Hall–Kier alpha value is -0.590. The van der Waals surface area contributed by atoms with E-state index in [0.717, 1.165) is 38.3 Å². The average molecular weight is 222 g/mol. The van der Waals surface area contributed by atoms with Crippen molar-refractivity contribution >= 4 is 0 Å². The highest BCUT2D eigenvalue weighted by atomic mass is 16.3. The van der Waals surface area contributed by atoms with Gasteiger partial charge in [-0.05, 0) is 44.1 Å². The van der Waals surface area contributed by atoms with Crippen LogP contribution in [0.2, 0.25) is 0 Å². The summed E-state index contributed by atoms with van der Waals surface area (Å²) in [5, 5.41) is 18.4. The smallest absolute Gasteiger partial charge is 0.0672 e. The van der Waals surface area contributed by atoms with Gasteiger partial charge in [-0.1, -0.05) is 6.92 Å². The minimum absolute atomic E-state index is 0.216. The van der Waals surface area contributed by atoms with Crippen molar-refractivity contribution in [2.24, 2.45) is 17.8 Å². The average Bonchev–Trinajstić information content (AvgIpc) is 2.77. The van der Waals surface area contributed by atoms with Crippen LogP contribution in [-0.2, 0) is 0 Å². The van der Waals surface area contributed by atoms with E-state index < -0.39 is 0 Å². The molecule has 0 spiro atoms. The van der Waals surface area contributed by atoms with Crippen LogP contribution in [0.3, 0.4) is 0 Å². The second-order valence-corrected chi connectivity index (χ2v) is 5.55. The van der Waals surface area contributed by atoms with Gasteiger partial charge in [0.25, 0.3) is 0 Å². The van der Waals surface area contributed by atoms with Gasteiger partial charge in [0.2, 0.25) is 0 Å². The van der Waals surface area contributed by atoms with Crippen molar-refractivity contribution in [2.45, 2.75) is 38.6 Å². The number of nitriles is 1. The van der Waals surface area contributed by atoms with E-state index in [9.17, 15) is 5.26 Å². The lowest BCUT2D eigenvalue weighted by Crippen LogP contribution is -2.42. The number of likely N-dealkylation sites (tertiary alicyclic amines) is 1. The molecule has 2 fully saturated rings. The van der Waals surface area contributed by atoms with E-state index in [-0.39, 0.29) is 5.92 Å². The van der Waals surface area contributed by atoms with Gasteiger partial charge in [-0.2, -0.15) is 5.26 Å². The molecule has 1 aliphatic heterocycles. The van der Waals surface area contributed by atoms with Crippen molar-refractivity contribution in [3.8, 4) is 6.07 Å². The highest BCUT2D eigenvalue weighted by Crippen LogP contribution is 2.34. The van der Waals surface area contributed by atoms with Crippen molar-refractivity contribution in [1.82, 2.24) is 4.90 Å². The van der Waals surface area contributed by atoms with Crippen molar-refractivity contribution < 1.29 is 5.11 Å². The van der Waals surface area contributed by atoms with Crippen molar-refractivity contribution in [1.29, 1.82) is 5.26 Å². The Morgan fingerprint density at radius 3 is 2.81 bits per heavy atom.